The van der Waals surface area contributed by atoms with E-state index in [4.69, 9.17) is 9.47 Å². The number of sulfonamides is 1. The van der Waals surface area contributed by atoms with E-state index in [1.807, 2.05) is 30.5 Å². The van der Waals surface area contributed by atoms with Crippen molar-refractivity contribution in [1.29, 1.82) is 0 Å². The minimum Gasteiger partial charge on any atom is -0.493 e. The van der Waals surface area contributed by atoms with E-state index in [2.05, 4.69) is 26.8 Å². The van der Waals surface area contributed by atoms with Gasteiger partial charge in [0.05, 0.1) is 12.9 Å². The van der Waals surface area contributed by atoms with Crippen molar-refractivity contribution in [3.63, 3.8) is 0 Å². The number of ether oxygens (including phenoxy) is 2. The number of hydrazine groups is 1. The van der Waals surface area contributed by atoms with E-state index >= 15 is 0 Å². The van der Waals surface area contributed by atoms with Gasteiger partial charge in [0.2, 0.25) is 15.9 Å². The van der Waals surface area contributed by atoms with Gasteiger partial charge >= 0.3 is 0 Å². The minimum absolute atomic E-state index is 0.292. The highest BCUT2D eigenvalue weighted by Crippen LogP contribution is 2.39. The molecule has 1 aromatic carbocycles. The summed E-state index contributed by atoms with van der Waals surface area (Å²) in [6.07, 6.45) is 5.17. The predicted octanol–water partition coefficient (Wildman–Crippen LogP) is 1.86. The summed E-state index contributed by atoms with van der Waals surface area (Å²) in [5.74, 6) is 2.49. The molecule has 1 aromatic heterocycles. The van der Waals surface area contributed by atoms with Gasteiger partial charge in [0, 0.05) is 68.6 Å². The lowest BCUT2D eigenvalue weighted by molar-refractivity contribution is 0.180. The molecule has 2 aromatic rings. The zero-order valence-electron chi connectivity index (χ0n) is 18.9. The summed E-state index contributed by atoms with van der Waals surface area (Å²) in [5.41, 5.74) is 8.73. The largest absolute Gasteiger partial charge is 0.493 e. The van der Waals surface area contributed by atoms with Gasteiger partial charge in [-0.05, 0) is 31.0 Å². The van der Waals surface area contributed by atoms with Gasteiger partial charge in [-0.1, -0.05) is 12.1 Å². The summed E-state index contributed by atoms with van der Waals surface area (Å²) < 4.78 is 36.8. The first kappa shape index (κ1) is 22.5. The molecule has 10 heteroatoms. The van der Waals surface area contributed by atoms with E-state index in [9.17, 15) is 8.42 Å². The normalized spacial score (nSPS) is 23.9. The Kier molecular flexibility index (Phi) is 6.53. The second-order valence-electron chi connectivity index (χ2n) is 8.94. The van der Waals surface area contributed by atoms with Crippen molar-refractivity contribution in [2.45, 2.75) is 24.8 Å². The number of nitrogens with zero attached hydrogens (tertiary/aromatic N) is 3. The average molecular weight is 474 g/mol. The van der Waals surface area contributed by atoms with Crippen LogP contribution in [0, 0.1) is 0 Å². The fraction of sp³-hybridized carbons (Fsp3) is 0.522. The van der Waals surface area contributed by atoms with Gasteiger partial charge in [-0.2, -0.15) is 4.31 Å². The summed E-state index contributed by atoms with van der Waals surface area (Å²) in [5, 5.41) is 0. The summed E-state index contributed by atoms with van der Waals surface area (Å²) >= 11 is 0. The van der Waals surface area contributed by atoms with Crippen LogP contribution in [0.5, 0.6) is 17.4 Å². The van der Waals surface area contributed by atoms with Crippen molar-refractivity contribution in [2.24, 2.45) is 0 Å². The molecule has 0 saturated carbocycles. The van der Waals surface area contributed by atoms with Crippen LogP contribution in [0.2, 0.25) is 0 Å². The van der Waals surface area contributed by atoms with Crippen LogP contribution in [0.15, 0.2) is 36.5 Å². The third-order valence-corrected chi connectivity index (χ3v) is 7.98. The van der Waals surface area contributed by atoms with Crippen molar-refractivity contribution in [3.8, 4) is 17.4 Å². The molecular formula is C23H31N5O4S. The molecule has 0 amide bonds. The first-order valence-corrected chi connectivity index (χ1v) is 13.4. The molecule has 5 rings (SSSR count). The number of aromatic nitrogens is 1. The number of nitrogens with one attached hydrogen (secondary N) is 2. The number of piperazine rings is 1. The Labute approximate surface area is 195 Å². The zero-order valence-corrected chi connectivity index (χ0v) is 19.7. The zero-order chi connectivity index (χ0) is 22.8. The molecule has 2 atom stereocenters. The van der Waals surface area contributed by atoms with Crippen molar-refractivity contribution in [1.82, 2.24) is 25.0 Å². The van der Waals surface area contributed by atoms with E-state index < -0.39 is 10.0 Å². The molecule has 2 fully saturated rings. The summed E-state index contributed by atoms with van der Waals surface area (Å²) in [4.78, 5) is 6.79. The van der Waals surface area contributed by atoms with E-state index in [0.29, 0.717) is 43.3 Å². The number of benzene rings is 1. The Morgan fingerprint density at radius 3 is 2.73 bits per heavy atom. The lowest BCUT2D eigenvalue weighted by Gasteiger charge is -2.33. The van der Waals surface area contributed by atoms with Gasteiger partial charge in [-0.25, -0.2) is 13.4 Å². The molecule has 33 heavy (non-hydrogen) atoms. The summed E-state index contributed by atoms with van der Waals surface area (Å²) in [7, 11) is -3.09. The van der Waals surface area contributed by atoms with Crippen LogP contribution in [-0.2, 0) is 10.0 Å². The molecule has 0 radical (unpaired) electrons. The number of rotatable bonds is 7. The third-order valence-electron chi connectivity index (χ3n) is 6.68. The summed E-state index contributed by atoms with van der Waals surface area (Å²) in [6, 6.07) is 10.2. The lowest BCUT2D eigenvalue weighted by atomic mass is 9.97. The molecule has 0 spiro atoms. The summed E-state index contributed by atoms with van der Waals surface area (Å²) in [6.45, 7) is 5.25. The van der Waals surface area contributed by atoms with Crippen LogP contribution in [0.3, 0.4) is 0 Å². The predicted molar refractivity (Wildman–Crippen MR) is 125 cm³/mol. The second kappa shape index (κ2) is 9.55. The van der Waals surface area contributed by atoms with Gasteiger partial charge in [0.1, 0.15) is 11.5 Å². The highest BCUT2D eigenvalue weighted by atomic mass is 32.2. The highest BCUT2D eigenvalue weighted by Gasteiger charge is 2.27. The Hall–Kier alpha value is -2.24. The number of hydrogen-bond acceptors (Lipinski definition) is 8. The monoisotopic (exact) mass is 473 g/mol. The smallest absolute Gasteiger partial charge is 0.219 e. The lowest BCUT2D eigenvalue weighted by Crippen LogP contribution is -2.48. The maximum Gasteiger partial charge on any atom is 0.219 e. The molecule has 4 heterocycles. The second-order valence-corrected chi connectivity index (χ2v) is 10.9. The van der Waals surface area contributed by atoms with Gasteiger partial charge in [-0.15, -0.1) is 0 Å². The third kappa shape index (κ3) is 5.30. The van der Waals surface area contributed by atoms with Crippen LogP contribution in [0.25, 0.3) is 0 Å². The van der Waals surface area contributed by atoms with Gasteiger partial charge in [-0.3, -0.25) is 10.9 Å². The van der Waals surface area contributed by atoms with Crippen LogP contribution in [-0.4, -0.2) is 74.7 Å². The topological polar surface area (TPSA) is 96.0 Å². The van der Waals surface area contributed by atoms with E-state index in [1.54, 1.807) is 4.31 Å². The fourth-order valence-corrected chi connectivity index (χ4v) is 5.52. The van der Waals surface area contributed by atoms with Crippen LogP contribution in [0.1, 0.15) is 35.9 Å². The molecule has 2 unspecified atom stereocenters. The van der Waals surface area contributed by atoms with E-state index in [0.717, 1.165) is 50.3 Å². The van der Waals surface area contributed by atoms with E-state index in [-0.39, 0.29) is 0 Å². The van der Waals surface area contributed by atoms with Crippen LogP contribution < -0.4 is 20.3 Å². The first-order valence-electron chi connectivity index (χ1n) is 11.5. The van der Waals surface area contributed by atoms with Crippen molar-refractivity contribution in [2.75, 3.05) is 52.1 Å². The fourth-order valence-electron chi connectivity index (χ4n) is 4.70. The number of hydrogen-bond donors (Lipinski definition) is 2. The minimum atomic E-state index is -3.09. The molecule has 2 saturated heterocycles. The molecule has 9 nitrogen and oxygen atoms in total. The molecule has 3 aliphatic rings. The molecule has 3 aliphatic heterocycles. The average Bonchev–Trinajstić information content (AvgIpc) is 3.48. The first-order chi connectivity index (χ1) is 16.0. The Bertz CT molecular complexity index is 1060. The van der Waals surface area contributed by atoms with Crippen LogP contribution in [0.4, 0.5) is 0 Å². The Morgan fingerprint density at radius 1 is 1.18 bits per heavy atom. The maximum absolute atomic E-state index is 11.7. The van der Waals surface area contributed by atoms with Crippen molar-refractivity contribution >= 4 is 10.0 Å². The van der Waals surface area contributed by atoms with Gasteiger partial charge in [0.25, 0.3) is 0 Å². The molecule has 0 bridgehead atoms. The molecule has 0 aliphatic carbocycles. The number of pyridine rings is 1. The maximum atomic E-state index is 11.7. The van der Waals surface area contributed by atoms with Gasteiger partial charge in [0.15, 0.2) is 0 Å². The quantitative estimate of drug-likeness (QED) is 0.629. The number of fused-ring (bicyclic) bond motifs is 1. The standard InChI is InChI=1S/C23H31N5O4S/c1-33(29,30)28-12-10-27(11-13-28)9-7-18-16-31-22-14-19(3-4-20(18)22)32-23-5-2-17(15-24-23)21-6-8-25-26-21/h2-5,14-15,18,21,25-26H,6-13,16H2,1H3. The van der Waals surface area contributed by atoms with E-state index in [1.165, 1.54) is 11.8 Å². The van der Waals surface area contributed by atoms with Crippen LogP contribution >= 0.6 is 0 Å². The Balaban J connectivity index is 1.14. The molecular weight excluding hydrogens is 442 g/mol. The SMILES string of the molecule is CS(=O)(=O)N1CCN(CCC2COc3cc(Oc4ccc(C5CCNN5)cn4)ccc32)CC1. The molecule has 2 N–H and O–H groups in total. The van der Waals surface area contributed by atoms with Crippen molar-refractivity contribution in [3.05, 3.63) is 47.7 Å². The van der Waals surface area contributed by atoms with Crippen molar-refractivity contribution < 1.29 is 17.9 Å². The molecule has 178 valence electrons. The van der Waals surface area contributed by atoms with Gasteiger partial charge < -0.3 is 14.4 Å². The highest BCUT2D eigenvalue weighted by molar-refractivity contribution is 7.88. The Morgan fingerprint density at radius 2 is 2.03 bits per heavy atom.